The lowest BCUT2D eigenvalue weighted by molar-refractivity contribution is 0.0241. The summed E-state index contributed by atoms with van der Waals surface area (Å²) in [4.78, 5) is 6.81. The van der Waals surface area contributed by atoms with Crippen molar-refractivity contribution in [2.24, 2.45) is 10.4 Å². The third kappa shape index (κ3) is 9.15. The Morgan fingerprint density at radius 3 is 2.35 bits per heavy atom. The highest BCUT2D eigenvalue weighted by molar-refractivity contribution is 5.79. The normalized spacial score (nSPS) is 14.5. The maximum Gasteiger partial charge on any atom is 0.191 e. The van der Waals surface area contributed by atoms with E-state index in [9.17, 15) is 0 Å². The first-order chi connectivity index (χ1) is 9.31. The van der Waals surface area contributed by atoms with E-state index in [-0.39, 0.29) is 11.5 Å². The standard InChI is InChI=1S/C15H34N4O/c1-8-16-14(17-10-9-11-19(5)6)18-12-13(20-7)15(2,3)4/h13H,8-12H2,1-7H3,(H2,16,17,18). The smallest absolute Gasteiger partial charge is 0.191 e. The molecule has 0 radical (unpaired) electrons. The molecule has 0 aromatic heterocycles. The summed E-state index contributed by atoms with van der Waals surface area (Å²) < 4.78 is 5.53. The zero-order chi connectivity index (χ0) is 15.6. The summed E-state index contributed by atoms with van der Waals surface area (Å²) in [5.41, 5.74) is 0.0977. The van der Waals surface area contributed by atoms with E-state index >= 15 is 0 Å². The summed E-state index contributed by atoms with van der Waals surface area (Å²) >= 11 is 0. The monoisotopic (exact) mass is 286 g/mol. The van der Waals surface area contributed by atoms with Gasteiger partial charge in [-0.15, -0.1) is 0 Å². The van der Waals surface area contributed by atoms with Crippen molar-refractivity contribution in [1.82, 2.24) is 15.5 Å². The van der Waals surface area contributed by atoms with Crippen LogP contribution in [0.3, 0.4) is 0 Å². The molecule has 0 heterocycles. The summed E-state index contributed by atoms with van der Waals surface area (Å²) in [5.74, 6) is 0.873. The molecule has 0 aliphatic carbocycles. The minimum Gasteiger partial charge on any atom is -0.379 e. The van der Waals surface area contributed by atoms with Gasteiger partial charge in [0.15, 0.2) is 5.96 Å². The van der Waals surface area contributed by atoms with Crippen molar-refractivity contribution in [3.8, 4) is 0 Å². The molecule has 0 saturated carbocycles. The quantitative estimate of drug-likeness (QED) is 0.404. The van der Waals surface area contributed by atoms with E-state index in [4.69, 9.17) is 4.74 Å². The number of rotatable bonds is 8. The third-order valence-electron chi connectivity index (χ3n) is 3.08. The molecule has 1 unspecified atom stereocenters. The van der Waals surface area contributed by atoms with Crippen LogP contribution >= 0.6 is 0 Å². The molecular weight excluding hydrogens is 252 g/mol. The molecule has 5 nitrogen and oxygen atoms in total. The van der Waals surface area contributed by atoms with E-state index in [1.165, 1.54) is 0 Å². The van der Waals surface area contributed by atoms with Crippen molar-refractivity contribution in [1.29, 1.82) is 0 Å². The number of guanidine groups is 1. The molecule has 0 amide bonds. The second kappa shape index (κ2) is 10.00. The van der Waals surface area contributed by atoms with E-state index < -0.39 is 0 Å². The van der Waals surface area contributed by atoms with Crippen LogP contribution in [-0.2, 0) is 4.74 Å². The van der Waals surface area contributed by atoms with Gasteiger partial charge in [0.05, 0.1) is 12.6 Å². The molecule has 120 valence electrons. The van der Waals surface area contributed by atoms with Crippen molar-refractivity contribution in [2.45, 2.75) is 40.2 Å². The lowest BCUT2D eigenvalue weighted by Gasteiger charge is -2.28. The van der Waals surface area contributed by atoms with Gasteiger partial charge in [0.2, 0.25) is 0 Å². The molecule has 0 aliphatic heterocycles. The van der Waals surface area contributed by atoms with Gasteiger partial charge in [0.1, 0.15) is 0 Å². The van der Waals surface area contributed by atoms with Crippen LogP contribution in [0.2, 0.25) is 0 Å². The molecule has 0 spiro atoms. The van der Waals surface area contributed by atoms with Crippen LogP contribution in [-0.4, -0.2) is 64.3 Å². The van der Waals surface area contributed by atoms with Gasteiger partial charge in [0, 0.05) is 20.2 Å². The SMILES string of the molecule is CCNC(=NCC(OC)C(C)(C)C)NCCCN(C)C. The van der Waals surface area contributed by atoms with Gasteiger partial charge in [-0.25, -0.2) is 0 Å². The molecule has 0 aromatic rings. The second-order valence-corrected chi connectivity index (χ2v) is 6.39. The van der Waals surface area contributed by atoms with Crippen LogP contribution in [0.25, 0.3) is 0 Å². The maximum atomic E-state index is 5.53. The topological polar surface area (TPSA) is 48.9 Å². The fourth-order valence-corrected chi connectivity index (χ4v) is 1.82. The van der Waals surface area contributed by atoms with Crippen molar-refractivity contribution in [3.05, 3.63) is 0 Å². The largest absolute Gasteiger partial charge is 0.379 e. The van der Waals surface area contributed by atoms with Crippen molar-refractivity contribution in [3.63, 3.8) is 0 Å². The van der Waals surface area contributed by atoms with E-state index in [1.54, 1.807) is 7.11 Å². The first-order valence-corrected chi connectivity index (χ1v) is 7.51. The Balaban J connectivity index is 4.31. The maximum absolute atomic E-state index is 5.53. The average Bonchev–Trinajstić information content (AvgIpc) is 2.33. The van der Waals surface area contributed by atoms with Gasteiger partial charge in [-0.2, -0.15) is 0 Å². The highest BCUT2D eigenvalue weighted by Gasteiger charge is 2.23. The van der Waals surface area contributed by atoms with Gasteiger partial charge < -0.3 is 20.3 Å². The summed E-state index contributed by atoms with van der Waals surface area (Å²) in [6.07, 6.45) is 1.23. The van der Waals surface area contributed by atoms with Crippen LogP contribution in [0.5, 0.6) is 0 Å². The highest BCUT2D eigenvalue weighted by atomic mass is 16.5. The fourth-order valence-electron chi connectivity index (χ4n) is 1.82. The predicted octanol–water partition coefficient (Wildman–Crippen LogP) is 1.55. The molecule has 20 heavy (non-hydrogen) atoms. The second-order valence-electron chi connectivity index (χ2n) is 6.39. The predicted molar refractivity (Wildman–Crippen MR) is 87.4 cm³/mol. The first kappa shape index (κ1) is 19.2. The van der Waals surface area contributed by atoms with Crippen LogP contribution in [0.4, 0.5) is 0 Å². The van der Waals surface area contributed by atoms with E-state index in [0.717, 1.165) is 32.0 Å². The number of aliphatic imine (C=N–C) groups is 1. The molecule has 2 N–H and O–H groups in total. The van der Waals surface area contributed by atoms with E-state index in [2.05, 4.69) is 62.3 Å². The number of methoxy groups -OCH3 is 1. The Morgan fingerprint density at radius 1 is 1.25 bits per heavy atom. The van der Waals surface area contributed by atoms with Crippen molar-refractivity contribution < 1.29 is 4.74 Å². The van der Waals surface area contributed by atoms with Gasteiger partial charge in [-0.3, -0.25) is 4.99 Å². The summed E-state index contributed by atoms with van der Waals surface area (Å²) in [6.45, 7) is 12.1. The Hall–Kier alpha value is -0.810. The average molecular weight is 286 g/mol. The van der Waals surface area contributed by atoms with E-state index in [1.807, 2.05) is 0 Å². The molecule has 0 saturated heterocycles. The molecule has 0 fully saturated rings. The van der Waals surface area contributed by atoms with Gasteiger partial charge in [-0.1, -0.05) is 20.8 Å². The van der Waals surface area contributed by atoms with Crippen molar-refractivity contribution >= 4 is 5.96 Å². The third-order valence-corrected chi connectivity index (χ3v) is 3.08. The molecular formula is C15H34N4O. The van der Waals surface area contributed by atoms with Crippen LogP contribution in [0.1, 0.15) is 34.1 Å². The molecule has 0 bridgehead atoms. The van der Waals surface area contributed by atoms with Gasteiger partial charge in [-0.05, 0) is 39.4 Å². The zero-order valence-electron chi connectivity index (χ0n) is 14.4. The number of ether oxygens (including phenoxy) is 1. The van der Waals surface area contributed by atoms with Crippen LogP contribution in [0, 0.1) is 5.41 Å². The lowest BCUT2D eigenvalue weighted by atomic mass is 9.89. The number of hydrogen-bond acceptors (Lipinski definition) is 3. The molecule has 1 atom stereocenters. The summed E-state index contributed by atoms with van der Waals surface area (Å²) in [6, 6.07) is 0. The fraction of sp³-hybridized carbons (Fsp3) is 0.933. The van der Waals surface area contributed by atoms with Crippen molar-refractivity contribution in [2.75, 3.05) is 47.4 Å². The molecule has 5 heteroatoms. The Kier molecular flexibility index (Phi) is 9.59. The van der Waals surface area contributed by atoms with Crippen LogP contribution in [0.15, 0.2) is 4.99 Å². The lowest BCUT2D eigenvalue weighted by Crippen LogP contribution is -2.40. The number of nitrogens with zero attached hydrogens (tertiary/aromatic N) is 2. The Bertz CT molecular complexity index is 272. The zero-order valence-corrected chi connectivity index (χ0v) is 14.4. The van der Waals surface area contributed by atoms with E-state index in [0.29, 0.717) is 6.54 Å². The van der Waals surface area contributed by atoms with Crippen LogP contribution < -0.4 is 10.6 Å². The summed E-state index contributed by atoms with van der Waals surface area (Å²) in [5, 5.41) is 6.63. The number of nitrogens with one attached hydrogen (secondary N) is 2. The Labute approximate surface area is 125 Å². The molecule has 0 rings (SSSR count). The summed E-state index contributed by atoms with van der Waals surface area (Å²) in [7, 11) is 5.93. The molecule has 0 aromatic carbocycles. The first-order valence-electron chi connectivity index (χ1n) is 7.51. The van der Waals surface area contributed by atoms with Gasteiger partial charge in [0.25, 0.3) is 0 Å². The highest BCUT2D eigenvalue weighted by Crippen LogP contribution is 2.21. The molecule has 0 aliphatic rings. The Morgan fingerprint density at radius 2 is 1.90 bits per heavy atom. The number of hydrogen-bond donors (Lipinski definition) is 2. The minimum absolute atomic E-state index is 0.0977. The van der Waals surface area contributed by atoms with Gasteiger partial charge >= 0.3 is 0 Å². The minimum atomic E-state index is 0.0977.